The lowest BCUT2D eigenvalue weighted by molar-refractivity contribution is -0.157. The number of esters is 1. The Kier molecular flexibility index (Phi) is 18.3. The van der Waals surface area contributed by atoms with Crippen molar-refractivity contribution in [3.05, 3.63) is 0 Å². The maximum absolute atomic E-state index is 11.4. The smallest absolute Gasteiger partial charge is 0.337 e. The molecule has 0 amide bonds. The van der Waals surface area contributed by atoms with Crippen LogP contribution in [0.1, 0.15) is 126 Å². The van der Waals surface area contributed by atoms with Gasteiger partial charge in [0.15, 0.2) is 6.10 Å². The summed E-state index contributed by atoms with van der Waals surface area (Å²) in [6.07, 6.45) is 14.7. The maximum Gasteiger partial charge on any atom is 0.337 e. The van der Waals surface area contributed by atoms with Crippen molar-refractivity contribution in [3.8, 4) is 0 Å². The third kappa shape index (κ3) is 18.4. The monoisotopic (exact) mass is 470 g/mol. The molecule has 0 aliphatic rings. The summed E-state index contributed by atoms with van der Waals surface area (Å²) in [6, 6.07) is 0. The van der Waals surface area contributed by atoms with E-state index in [1.165, 1.54) is 77.7 Å². The van der Waals surface area contributed by atoms with Crippen LogP contribution in [0.3, 0.4) is 0 Å². The van der Waals surface area contributed by atoms with Gasteiger partial charge in [-0.3, -0.25) is 0 Å². The standard InChI is InChI=1S/C29H58O4/c1-23(2)12-11-14-24(3)15-16-26(5)17-20-29(6,7)19-10-9-13-25(4)18-21-33-27(22-30)28(31)32-8/h23-27,30H,9-22H2,1-8H3/t24?,25?,26?,27-/m1/s1. The molecular weight excluding hydrogens is 412 g/mol. The molecule has 0 aromatic carbocycles. The van der Waals surface area contributed by atoms with Gasteiger partial charge in [0.05, 0.1) is 13.7 Å². The molecule has 3 unspecified atom stereocenters. The number of carbonyl (C=O) groups excluding carboxylic acids is 1. The van der Waals surface area contributed by atoms with Gasteiger partial charge in [0.2, 0.25) is 0 Å². The lowest BCUT2D eigenvalue weighted by Crippen LogP contribution is -2.29. The lowest BCUT2D eigenvalue weighted by Gasteiger charge is -2.27. The average Bonchev–Trinajstić information content (AvgIpc) is 2.76. The van der Waals surface area contributed by atoms with Gasteiger partial charge in [-0.2, -0.15) is 0 Å². The van der Waals surface area contributed by atoms with Crippen molar-refractivity contribution >= 4 is 5.97 Å². The molecule has 0 aromatic rings. The molecule has 0 aliphatic heterocycles. The molecule has 0 spiro atoms. The Bertz CT molecular complexity index is 474. The molecule has 198 valence electrons. The van der Waals surface area contributed by atoms with E-state index in [2.05, 4.69) is 53.2 Å². The highest BCUT2D eigenvalue weighted by Crippen LogP contribution is 2.32. The van der Waals surface area contributed by atoms with Crippen LogP contribution in [0, 0.1) is 29.1 Å². The molecule has 0 saturated carbocycles. The van der Waals surface area contributed by atoms with Gasteiger partial charge in [-0.05, 0) is 48.3 Å². The topological polar surface area (TPSA) is 55.8 Å². The largest absolute Gasteiger partial charge is 0.467 e. The zero-order valence-electron chi connectivity index (χ0n) is 23.5. The molecule has 0 fully saturated rings. The number of aliphatic hydroxyl groups excluding tert-OH is 1. The predicted molar refractivity (Wildman–Crippen MR) is 140 cm³/mol. The van der Waals surface area contributed by atoms with E-state index in [1.807, 2.05) is 0 Å². The van der Waals surface area contributed by atoms with Gasteiger partial charge in [0.1, 0.15) is 0 Å². The highest BCUT2D eigenvalue weighted by Gasteiger charge is 2.20. The van der Waals surface area contributed by atoms with E-state index in [1.54, 1.807) is 0 Å². The predicted octanol–water partition coefficient (Wildman–Crippen LogP) is 7.81. The number of rotatable bonds is 21. The molecular formula is C29H58O4. The summed E-state index contributed by atoms with van der Waals surface area (Å²) in [6.45, 7) is 16.8. The summed E-state index contributed by atoms with van der Waals surface area (Å²) in [5.74, 6) is 2.62. The minimum absolute atomic E-state index is 0.327. The first-order valence-corrected chi connectivity index (χ1v) is 13.8. The normalized spacial score (nSPS) is 15.9. The Morgan fingerprint density at radius 3 is 1.91 bits per heavy atom. The molecule has 33 heavy (non-hydrogen) atoms. The molecule has 0 aliphatic carbocycles. The van der Waals surface area contributed by atoms with Gasteiger partial charge in [-0.15, -0.1) is 0 Å². The average molecular weight is 471 g/mol. The third-order valence-electron chi connectivity index (χ3n) is 7.30. The van der Waals surface area contributed by atoms with Crippen LogP contribution in [0.2, 0.25) is 0 Å². The van der Waals surface area contributed by atoms with Crippen LogP contribution in [-0.4, -0.2) is 37.5 Å². The number of unbranched alkanes of at least 4 members (excludes halogenated alkanes) is 1. The zero-order valence-corrected chi connectivity index (χ0v) is 23.5. The molecule has 0 rings (SSSR count). The number of hydrogen-bond acceptors (Lipinski definition) is 4. The summed E-state index contributed by atoms with van der Waals surface area (Å²) in [7, 11) is 1.31. The SMILES string of the molecule is COC(=O)[C@@H](CO)OCCC(C)CCCCC(C)(C)CCC(C)CCC(C)CCCC(C)C. The van der Waals surface area contributed by atoms with Crippen molar-refractivity contribution in [2.24, 2.45) is 29.1 Å². The molecule has 0 heterocycles. The van der Waals surface area contributed by atoms with Gasteiger partial charge in [-0.25, -0.2) is 4.79 Å². The van der Waals surface area contributed by atoms with Crippen molar-refractivity contribution in [1.82, 2.24) is 0 Å². The second-order valence-corrected chi connectivity index (χ2v) is 12.0. The van der Waals surface area contributed by atoms with E-state index in [-0.39, 0.29) is 6.61 Å². The van der Waals surface area contributed by atoms with Crippen LogP contribution >= 0.6 is 0 Å². The zero-order chi connectivity index (χ0) is 25.3. The number of aliphatic hydroxyl groups is 1. The molecule has 1 N–H and O–H groups in total. The molecule has 4 nitrogen and oxygen atoms in total. The van der Waals surface area contributed by atoms with E-state index < -0.39 is 12.1 Å². The van der Waals surface area contributed by atoms with E-state index in [4.69, 9.17) is 4.74 Å². The molecule has 4 heteroatoms. The van der Waals surface area contributed by atoms with Gasteiger partial charge >= 0.3 is 5.97 Å². The van der Waals surface area contributed by atoms with Crippen LogP contribution < -0.4 is 0 Å². The first-order chi connectivity index (χ1) is 15.5. The maximum atomic E-state index is 11.4. The van der Waals surface area contributed by atoms with Gasteiger partial charge in [-0.1, -0.05) is 106 Å². The Morgan fingerprint density at radius 2 is 1.33 bits per heavy atom. The third-order valence-corrected chi connectivity index (χ3v) is 7.30. The van der Waals surface area contributed by atoms with Crippen molar-refractivity contribution in [2.75, 3.05) is 20.3 Å². The minimum Gasteiger partial charge on any atom is -0.467 e. The lowest BCUT2D eigenvalue weighted by atomic mass is 9.79. The molecule has 0 bridgehead atoms. The fourth-order valence-electron chi connectivity index (χ4n) is 4.47. The Hall–Kier alpha value is -0.610. The highest BCUT2D eigenvalue weighted by molar-refractivity contribution is 5.74. The van der Waals surface area contributed by atoms with E-state index >= 15 is 0 Å². The molecule has 4 atom stereocenters. The summed E-state index contributed by atoms with van der Waals surface area (Å²) >= 11 is 0. The van der Waals surface area contributed by atoms with E-state index in [0.717, 1.165) is 24.2 Å². The highest BCUT2D eigenvalue weighted by atomic mass is 16.6. The van der Waals surface area contributed by atoms with Gasteiger partial charge < -0.3 is 14.6 Å². The summed E-state index contributed by atoms with van der Waals surface area (Å²) in [5, 5.41) is 9.20. The van der Waals surface area contributed by atoms with Crippen LogP contribution in [0.25, 0.3) is 0 Å². The van der Waals surface area contributed by atoms with Crippen molar-refractivity contribution in [2.45, 2.75) is 132 Å². The molecule has 0 saturated heterocycles. The number of methoxy groups -OCH3 is 1. The van der Waals surface area contributed by atoms with Crippen molar-refractivity contribution in [3.63, 3.8) is 0 Å². The summed E-state index contributed by atoms with van der Waals surface area (Å²) in [4.78, 5) is 11.4. The second-order valence-electron chi connectivity index (χ2n) is 12.0. The fraction of sp³-hybridized carbons (Fsp3) is 0.966. The summed E-state index contributed by atoms with van der Waals surface area (Å²) < 4.78 is 10.1. The van der Waals surface area contributed by atoms with Crippen LogP contribution in [-0.2, 0) is 14.3 Å². The molecule has 0 radical (unpaired) electrons. The minimum atomic E-state index is -0.849. The Labute approximate surface area is 206 Å². The first kappa shape index (κ1) is 32.4. The van der Waals surface area contributed by atoms with Gasteiger partial charge in [0.25, 0.3) is 0 Å². The van der Waals surface area contributed by atoms with Crippen LogP contribution in [0.15, 0.2) is 0 Å². The molecule has 0 aromatic heterocycles. The fourth-order valence-corrected chi connectivity index (χ4v) is 4.47. The quantitative estimate of drug-likeness (QED) is 0.137. The first-order valence-electron chi connectivity index (χ1n) is 13.8. The number of hydrogen-bond donors (Lipinski definition) is 1. The Morgan fingerprint density at radius 1 is 0.758 bits per heavy atom. The number of carbonyl (C=O) groups is 1. The Balaban J connectivity index is 3.90. The number of ether oxygens (including phenoxy) is 2. The van der Waals surface area contributed by atoms with Crippen molar-refractivity contribution in [1.29, 1.82) is 0 Å². The van der Waals surface area contributed by atoms with Crippen LogP contribution in [0.4, 0.5) is 0 Å². The second kappa shape index (κ2) is 18.7. The van der Waals surface area contributed by atoms with E-state index in [0.29, 0.717) is 17.9 Å². The van der Waals surface area contributed by atoms with Crippen molar-refractivity contribution < 1.29 is 19.4 Å². The van der Waals surface area contributed by atoms with E-state index in [9.17, 15) is 9.90 Å². The van der Waals surface area contributed by atoms with Crippen LogP contribution in [0.5, 0.6) is 0 Å². The van der Waals surface area contributed by atoms with Gasteiger partial charge in [0, 0.05) is 6.61 Å². The summed E-state index contributed by atoms with van der Waals surface area (Å²) in [5.41, 5.74) is 0.429.